The number of pyridine rings is 1. The van der Waals surface area contributed by atoms with Crippen LogP contribution in [0, 0.1) is 0 Å². The van der Waals surface area contributed by atoms with E-state index in [4.69, 9.17) is 16.3 Å². The molecular formula is C7H6ClNO2S. The van der Waals surface area contributed by atoms with E-state index in [0.29, 0.717) is 0 Å². The number of hydrogen-bond acceptors (Lipinski definition) is 4. The van der Waals surface area contributed by atoms with Gasteiger partial charge in [0.2, 0.25) is 5.88 Å². The van der Waals surface area contributed by atoms with Crippen molar-refractivity contribution >= 4 is 29.5 Å². The molecule has 0 radical (unpaired) electrons. The molecule has 0 saturated carbocycles. The zero-order valence-corrected chi connectivity index (χ0v) is 7.68. The van der Waals surface area contributed by atoms with Crippen molar-refractivity contribution in [2.45, 2.75) is 0 Å². The minimum atomic E-state index is -0.583. The van der Waals surface area contributed by atoms with Crippen molar-refractivity contribution in [2.75, 3.05) is 5.94 Å². The molecule has 0 fully saturated rings. The first-order valence-corrected chi connectivity index (χ1v) is 4.15. The van der Waals surface area contributed by atoms with Crippen LogP contribution >= 0.6 is 24.2 Å². The first-order valence-electron chi connectivity index (χ1n) is 3.14. The van der Waals surface area contributed by atoms with Crippen LogP contribution in [0.5, 0.6) is 5.88 Å². The number of ether oxygens (including phenoxy) is 1. The van der Waals surface area contributed by atoms with Crippen molar-refractivity contribution in [3.05, 3.63) is 23.9 Å². The first kappa shape index (κ1) is 9.35. The zero-order chi connectivity index (χ0) is 8.97. The van der Waals surface area contributed by atoms with Gasteiger partial charge in [-0.05, 0) is 23.7 Å². The van der Waals surface area contributed by atoms with Gasteiger partial charge in [-0.2, -0.15) is 0 Å². The number of hydrogen-bond donors (Lipinski definition) is 1. The van der Waals surface area contributed by atoms with Gasteiger partial charge in [0.05, 0.1) is 5.56 Å². The van der Waals surface area contributed by atoms with Crippen LogP contribution < -0.4 is 4.74 Å². The number of carbonyl (C=O) groups is 1. The lowest BCUT2D eigenvalue weighted by Gasteiger charge is -2.03. The predicted octanol–water partition coefficient (Wildman–Crippen LogP) is 1.73. The van der Waals surface area contributed by atoms with E-state index in [1.54, 1.807) is 12.1 Å². The van der Waals surface area contributed by atoms with Crippen molar-refractivity contribution in [1.29, 1.82) is 0 Å². The molecule has 0 saturated heterocycles. The minimum absolute atomic E-state index is 0.161. The van der Waals surface area contributed by atoms with Gasteiger partial charge in [0.15, 0.2) is 0 Å². The van der Waals surface area contributed by atoms with Crippen molar-refractivity contribution < 1.29 is 9.53 Å². The van der Waals surface area contributed by atoms with E-state index in [-0.39, 0.29) is 17.4 Å². The van der Waals surface area contributed by atoms with E-state index in [0.717, 1.165) is 0 Å². The van der Waals surface area contributed by atoms with Crippen LogP contribution in [0.4, 0.5) is 0 Å². The fourth-order valence-electron chi connectivity index (χ4n) is 0.717. The fraction of sp³-hybridized carbons (Fsp3) is 0.143. The van der Waals surface area contributed by atoms with Gasteiger partial charge in [0.25, 0.3) is 5.24 Å². The molecule has 1 aromatic heterocycles. The van der Waals surface area contributed by atoms with Crippen molar-refractivity contribution in [3.63, 3.8) is 0 Å². The van der Waals surface area contributed by atoms with Gasteiger partial charge >= 0.3 is 0 Å². The SMILES string of the molecule is O=C(Cl)c1cccnc1OCS. The molecule has 0 spiro atoms. The maximum atomic E-state index is 10.8. The van der Waals surface area contributed by atoms with Gasteiger partial charge in [-0.25, -0.2) is 4.98 Å². The highest BCUT2D eigenvalue weighted by molar-refractivity contribution is 7.80. The first-order chi connectivity index (χ1) is 5.75. The molecule has 0 aromatic carbocycles. The average molecular weight is 204 g/mol. The summed E-state index contributed by atoms with van der Waals surface area (Å²) >= 11 is 9.09. The Balaban J connectivity index is 3.00. The van der Waals surface area contributed by atoms with Crippen LogP contribution in [0.1, 0.15) is 10.4 Å². The van der Waals surface area contributed by atoms with Crippen molar-refractivity contribution in [1.82, 2.24) is 4.98 Å². The second-order valence-electron chi connectivity index (χ2n) is 1.90. The van der Waals surface area contributed by atoms with E-state index < -0.39 is 5.24 Å². The smallest absolute Gasteiger partial charge is 0.257 e. The van der Waals surface area contributed by atoms with Crippen LogP contribution in [0.15, 0.2) is 18.3 Å². The standard InChI is InChI=1S/C7H6ClNO2S/c8-6(10)5-2-1-3-9-7(5)11-4-12/h1-3,12H,4H2. The summed E-state index contributed by atoms with van der Waals surface area (Å²) in [4.78, 5) is 14.6. The quantitative estimate of drug-likeness (QED) is 0.462. The number of halogens is 1. The van der Waals surface area contributed by atoms with E-state index in [2.05, 4.69) is 17.6 Å². The maximum Gasteiger partial charge on any atom is 0.257 e. The Morgan fingerprint density at radius 3 is 3.08 bits per heavy atom. The molecule has 12 heavy (non-hydrogen) atoms. The molecule has 0 amide bonds. The summed E-state index contributed by atoms with van der Waals surface area (Å²) in [5.41, 5.74) is 0.258. The van der Waals surface area contributed by atoms with E-state index >= 15 is 0 Å². The monoisotopic (exact) mass is 203 g/mol. The highest BCUT2D eigenvalue weighted by Crippen LogP contribution is 2.16. The van der Waals surface area contributed by atoms with Gasteiger partial charge in [0, 0.05) is 6.20 Å². The minimum Gasteiger partial charge on any atom is -0.466 e. The van der Waals surface area contributed by atoms with E-state index in [9.17, 15) is 4.79 Å². The fourth-order valence-corrected chi connectivity index (χ4v) is 0.983. The van der Waals surface area contributed by atoms with Crippen LogP contribution in [0.25, 0.3) is 0 Å². The van der Waals surface area contributed by atoms with Gasteiger partial charge in [0.1, 0.15) is 5.94 Å². The predicted molar refractivity (Wildman–Crippen MR) is 48.9 cm³/mol. The number of rotatable bonds is 3. The number of nitrogens with zero attached hydrogens (tertiary/aromatic N) is 1. The molecule has 1 rings (SSSR count). The Hall–Kier alpha value is -0.740. The van der Waals surface area contributed by atoms with Gasteiger partial charge < -0.3 is 4.74 Å². The normalized spacial score (nSPS) is 9.50. The third-order valence-electron chi connectivity index (χ3n) is 1.18. The molecule has 0 atom stereocenters. The van der Waals surface area contributed by atoms with Gasteiger partial charge in [-0.15, -0.1) is 12.6 Å². The van der Waals surface area contributed by atoms with Crippen molar-refractivity contribution in [2.24, 2.45) is 0 Å². The number of carbonyl (C=O) groups excluding carboxylic acids is 1. The summed E-state index contributed by atoms with van der Waals surface area (Å²) in [6, 6.07) is 3.15. The molecule has 0 N–H and O–H groups in total. The molecule has 3 nitrogen and oxygen atoms in total. The Bertz CT molecular complexity index is 292. The summed E-state index contributed by atoms with van der Waals surface area (Å²) in [6.45, 7) is 0. The molecule has 1 aromatic rings. The number of aromatic nitrogens is 1. The Labute approximate surface area is 80.1 Å². The van der Waals surface area contributed by atoms with Gasteiger partial charge in [-0.1, -0.05) is 0 Å². The summed E-state index contributed by atoms with van der Waals surface area (Å²) in [6.07, 6.45) is 1.52. The van der Waals surface area contributed by atoms with E-state index in [1.165, 1.54) is 6.20 Å². The molecule has 5 heteroatoms. The highest BCUT2D eigenvalue weighted by Gasteiger charge is 2.09. The van der Waals surface area contributed by atoms with Crippen molar-refractivity contribution in [3.8, 4) is 5.88 Å². The summed E-state index contributed by atoms with van der Waals surface area (Å²) in [5, 5.41) is -0.583. The van der Waals surface area contributed by atoms with Crippen LogP contribution in [0.3, 0.4) is 0 Å². The van der Waals surface area contributed by atoms with Crippen LogP contribution in [-0.4, -0.2) is 16.2 Å². The molecule has 0 bridgehead atoms. The molecular weight excluding hydrogens is 198 g/mol. The lowest BCUT2D eigenvalue weighted by atomic mass is 10.3. The molecule has 0 unspecified atom stereocenters. The average Bonchev–Trinajstić information content (AvgIpc) is 2.05. The zero-order valence-electron chi connectivity index (χ0n) is 6.03. The lowest BCUT2D eigenvalue weighted by Crippen LogP contribution is -1.99. The molecule has 1 heterocycles. The number of thiol groups is 1. The largest absolute Gasteiger partial charge is 0.466 e. The maximum absolute atomic E-state index is 10.8. The second-order valence-corrected chi connectivity index (χ2v) is 2.50. The lowest BCUT2D eigenvalue weighted by molar-refractivity contribution is 0.107. The third-order valence-corrected chi connectivity index (χ3v) is 1.52. The van der Waals surface area contributed by atoms with Gasteiger partial charge in [-0.3, -0.25) is 4.79 Å². The molecule has 64 valence electrons. The summed E-state index contributed by atoms with van der Waals surface area (Å²) in [7, 11) is 0. The highest BCUT2D eigenvalue weighted by atomic mass is 35.5. The Morgan fingerprint density at radius 2 is 2.50 bits per heavy atom. The molecule has 0 aliphatic heterocycles. The summed E-state index contributed by atoms with van der Waals surface area (Å²) in [5.74, 6) is 0.376. The second kappa shape index (κ2) is 4.33. The van der Waals surface area contributed by atoms with Crippen LogP contribution in [-0.2, 0) is 0 Å². The summed E-state index contributed by atoms with van der Waals surface area (Å²) < 4.78 is 4.95. The topological polar surface area (TPSA) is 39.2 Å². The Morgan fingerprint density at radius 1 is 1.75 bits per heavy atom. The van der Waals surface area contributed by atoms with Crippen LogP contribution in [0.2, 0.25) is 0 Å². The Kier molecular flexibility index (Phi) is 3.37. The third kappa shape index (κ3) is 2.12. The van der Waals surface area contributed by atoms with E-state index in [1.807, 2.05) is 0 Å². The molecule has 0 aliphatic rings. The molecule has 0 aliphatic carbocycles.